The predicted octanol–water partition coefficient (Wildman–Crippen LogP) is 4.20. The van der Waals surface area contributed by atoms with E-state index in [-0.39, 0.29) is 0 Å². The molecule has 0 spiro atoms. The lowest BCUT2D eigenvalue weighted by Crippen LogP contribution is -2.34. The number of allylic oxidation sites excluding steroid dienone is 1. The van der Waals surface area contributed by atoms with Crippen LogP contribution in [0.1, 0.15) is 25.0 Å². The van der Waals surface area contributed by atoms with Gasteiger partial charge in [-0.3, -0.25) is 4.98 Å². The molecule has 0 aliphatic carbocycles. The van der Waals surface area contributed by atoms with Crippen molar-refractivity contribution >= 4 is 6.09 Å². The van der Waals surface area contributed by atoms with Gasteiger partial charge < -0.3 is 14.4 Å². The largest absolute Gasteiger partial charge is 0.490 e. The van der Waals surface area contributed by atoms with Gasteiger partial charge in [-0.25, -0.2) is 4.79 Å². The van der Waals surface area contributed by atoms with Crippen molar-refractivity contribution in [1.82, 2.24) is 9.88 Å². The van der Waals surface area contributed by atoms with Crippen molar-refractivity contribution in [1.29, 1.82) is 0 Å². The Kier molecular flexibility index (Phi) is 7.01. The molecule has 132 valence electrons. The number of benzene rings is 1. The lowest BCUT2D eigenvalue weighted by atomic mass is 10.2. The quantitative estimate of drug-likeness (QED) is 0.676. The molecular formula is C20H24N2O3. The number of nitrogens with zero attached hydrogens (tertiary/aromatic N) is 2. The standard InChI is InChI=1S/C20H24N2O3/c1-4-17-12-19(14-21-13-17)24-11-10-22(20(23)25-16(2)3)15-18-8-6-5-7-9-18/h5-9,12-14H,2,4,10-11,15H2,1,3H3. The molecule has 0 aliphatic heterocycles. The zero-order valence-corrected chi connectivity index (χ0v) is 14.8. The van der Waals surface area contributed by atoms with Gasteiger partial charge in [-0.15, -0.1) is 0 Å². The van der Waals surface area contributed by atoms with Crippen molar-refractivity contribution in [2.45, 2.75) is 26.8 Å². The number of rotatable bonds is 8. The smallest absolute Gasteiger partial charge is 0.415 e. The molecule has 1 amide bonds. The van der Waals surface area contributed by atoms with Crippen LogP contribution in [0.5, 0.6) is 5.75 Å². The zero-order valence-electron chi connectivity index (χ0n) is 14.8. The maximum absolute atomic E-state index is 12.3. The molecule has 0 radical (unpaired) electrons. The van der Waals surface area contributed by atoms with Gasteiger partial charge in [-0.1, -0.05) is 43.8 Å². The lowest BCUT2D eigenvalue weighted by Gasteiger charge is -2.22. The van der Waals surface area contributed by atoms with E-state index in [1.807, 2.05) is 42.6 Å². The third kappa shape index (κ3) is 6.30. The summed E-state index contributed by atoms with van der Waals surface area (Å²) in [7, 11) is 0. The molecule has 1 aromatic heterocycles. The molecule has 0 aliphatic rings. The van der Waals surface area contributed by atoms with Crippen LogP contribution in [0.2, 0.25) is 0 Å². The van der Waals surface area contributed by atoms with Gasteiger partial charge >= 0.3 is 6.09 Å². The Bertz CT molecular complexity index is 701. The van der Waals surface area contributed by atoms with Crippen LogP contribution in [0.15, 0.2) is 61.1 Å². The highest BCUT2D eigenvalue weighted by molar-refractivity contribution is 5.68. The van der Waals surface area contributed by atoms with Crippen LogP contribution in [0.3, 0.4) is 0 Å². The molecule has 1 aromatic carbocycles. The third-order valence-corrected chi connectivity index (χ3v) is 3.54. The van der Waals surface area contributed by atoms with E-state index >= 15 is 0 Å². The maximum Gasteiger partial charge on any atom is 0.415 e. The van der Waals surface area contributed by atoms with Gasteiger partial charge in [0.25, 0.3) is 0 Å². The SMILES string of the molecule is C=C(C)OC(=O)N(CCOc1cncc(CC)c1)Cc1ccccc1. The number of aromatic nitrogens is 1. The Hall–Kier alpha value is -2.82. The van der Waals surface area contributed by atoms with E-state index in [4.69, 9.17) is 9.47 Å². The van der Waals surface area contributed by atoms with Gasteiger partial charge in [0.05, 0.1) is 18.5 Å². The summed E-state index contributed by atoms with van der Waals surface area (Å²) in [6, 6.07) is 11.7. The highest BCUT2D eigenvalue weighted by Crippen LogP contribution is 2.12. The summed E-state index contributed by atoms with van der Waals surface area (Å²) < 4.78 is 10.9. The molecule has 0 fully saturated rings. The highest BCUT2D eigenvalue weighted by Gasteiger charge is 2.16. The molecule has 25 heavy (non-hydrogen) atoms. The first kappa shape index (κ1) is 18.5. The monoisotopic (exact) mass is 340 g/mol. The fourth-order valence-corrected chi connectivity index (χ4v) is 2.26. The number of hydrogen-bond acceptors (Lipinski definition) is 4. The van der Waals surface area contributed by atoms with E-state index in [2.05, 4.69) is 18.5 Å². The summed E-state index contributed by atoms with van der Waals surface area (Å²) in [4.78, 5) is 18.0. The summed E-state index contributed by atoms with van der Waals surface area (Å²) in [6.45, 7) is 8.54. The average Bonchev–Trinajstić information content (AvgIpc) is 2.61. The van der Waals surface area contributed by atoms with E-state index in [9.17, 15) is 4.79 Å². The zero-order chi connectivity index (χ0) is 18.1. The summed E-state index contributed by atoms with van der Waals surface area (Å²) >= 11 is 0. The topological polar surface area (TPSA) is 51.7 Å². The minimum absolute atomic E-state index is 0.354. The molecule has 0 N–H and O–H groups in total. The number of ether oxygens (including phenoxy) is 2. The van der Waals surface area contributed by atoms with E-state index in [1.165, 1.54) is 0 Å². The van der Waals surface area contributed by atoms with Crippen molar-refractivity contribution in [2.75, 3.05) is 13.2 Å². The minimum atomic E-state index is -0.430. The molecule has 0 saturated heterocycles. The van der Waals surface area contributed by atoms with Gasteiger partial charge in [0.15, 0.2) is 0 Å². The van der Waals surface area contributed by atoms with Crippen LogP contribution in [-0.4, -0.2) is 29.1 Å². The van der Waals surface area contributed by atoms with Crippen LogP contribution < -0.4 is 4.74 Å². The Morgan fingerprint density at radius 1 is 1.20 bits per heavy atom. The molecule has 2 aromatic rings. The number of aryl methyl sites for hydroxylation is 1. The van der Waals surface area contributed by atoms with Crippen LogP contribution in [0.25, 0.3) is 0 Å². The number of pyridine rings is 1. The molecule has 2 rings (SSSR count). The van der Waals surface area contributed by atoms with E-state index in [1.54, 1.807) is 18.0 Å². The molecular weight excluding hydrogens is 316 g/mol. The van der Waals surface area contributed by atoms with Gasteiger partial charge in [0.2, 0.25) is 0 Å². The number of carbonyl (C=O) groups excluding carboxylic acids is 1. The van der Waals surface area contributed by atoms with Crippen LogP contribution >= 0.6 is 0 Å². The molecule has 0 atom stereocenters. The molecule has 0 saturated carbocycles. The van der Waals surface area contributed by atoms with Crippen molar-refractivity contribution in [3.63, 3.8) is 0 Å². The van der Waals surface area contributed by atoms with Gasteiger partial charge in [0, 0.05) is 12.7 Å². The highest BCUT2D eigenvalue weighted by atomic mass is 16.6. The first-order valence-corrected chi connectivity index (χ1v) is 8.31. The Balaban J connectivity index is 1.97. The second-order valence-electron chi connectivity index (χ2n) is 5.71. The first-order chi connectivity index (χ1) is 12.1. The number of hydrogen-bond donors (Lipinski definition) is 0. The maximum atomic E-state index is 12.3. The van der Waals surface area contributed by atoms with Crippen molar-refractivity contribution < 1.29 is 14.3 Å². The molecule has 1 heterocycles. The van der Waals surface area contributed by atoms with Gasteiger partial charge in [0.1, 0.15) is 12.4 Å². The number of amides is 1. The molecule has 0 unspecified atom stereocenters. The Morgan fingerprint density at radius 2 is 1.96 bits per heavy atom. The summed E-state index contributed by atoms with van der Waals surface area (Å²) in [6.07, 6.45) is 3.96. The molecule has 5 heteroatoms. The number of carbonyl (C=O) groups is 1. The van der Waals surface area contributed by atoms with E-state index in [0.29, 0.717) is 31.2 Å². The summed E-state index contributed by atoms with van der Waals surface area (Å²) in [5.41, 5.74) is 2.14. The third-order valence-electron chi connectivity index (χ3n) is 3.54. The lowest BCUT2D eigenvalue weighted by molar-refractivity contribution is 0.117. The first-order valence-electron chi connectivity index (χ1n) is 8.31. The Labute approximate surface area is 148 Å². The van der Waals surface area contributed by atoms with Gasteiger partial charge in [-0.2, -0.15) is 0 Å². The average molecular weight is 340 g/mol. The van der Waals surface area contributed by atoms with E-state index < -0.39 is 6.09 Å². The molecule has 5 nitrogen and oxygen atoms in total. The summed E-state index contributed by atoms with van der Waals surface area (Å²) in [5, 5.41) is 0. The molecule has 0 bridgehead atoms. The fraction of sp³-hybridized carbons (Fsp3) is 0.300. The van der Waals surface area contributed by atoms with Crippen molar-refractivity contribution in [3.8, 4) is 5.75 Å². The minimum Gasteiger partial charge on any atom is -0.490 e. The normalized spacial score (nSPS) is 10.2. The fourth-order valence-electron chi connectivity index (χ4n) is 2.26. The summed E-state index contributed by atoms with van der Waals surface area (Å²) in [5.74, 6) is 1.07. The second-order valence-corrected chi connectivity index (χ2v) is 5.71. The van der Waals surface area contributed by atoms with Crippen molar-refractivity contribution in [2.24, 2.45) is 0 Å². The predicted molar refractivity (Wildman–Crippen MR) is 97.3 cm³/mol. The van der Waals surface area contributed by atoms with Crippen LogP contribution in [0.4, 0.5) is 4.79 Å². The van der Waals surface area contributed by atoms with Gasteiger partial charge in [-0.05, 0) is 30.5 Å². The van der Waals surface area contributed by atoms with E-state index in [0.717, 1.165) is 17.5 Å². The van der Waals surface area contributed by atoms with Crippen LogP contribution in [0, 0.1) is 0 Å². The van der Waals surface area contributed by atoms with Crippen molar-refractivity contribution in [3.05, 3.63) is 72.3 Å². The van der Waals surface area contributed by atoms with Crippen LogP contribution in [-0.2, 0) is 17.7 Å². The Morgan fingerprint density at radius 3 is 2.64 bits per heavy atom. The second kappa shape index (κ2) is 9.47.